The Morgan fingerprint density at radius 1 is 1.28 bits per heavy atom. The standard InChI is InChI=1S/C15H18FNS/c1-10-7-14(12(3)18-10)9-17-11(2)13-5-4-6-15(16)8-13/h4-8,11,17H,9H2,1-3H3/t11-/m1/s1. The van der Waals surface area contributed by atoms with Crippen molar-refractivity contribution in [2.24, 2.45) is 0 Å². The molecule has 1 N–H and O–H groups in total. The van der Waals surface area contributed by atoms with Gasteiger partial charge in [0.25, 0.3) is 0 Å². The van der Waals surface area contributed by atoms with Gasteiger partial charge in [0.15, 0.2) is 0 Å². The summed E-state index contributed by atoms with van der Waals surface area (Å²) in [6, 6.07) is 9.13. The second kappa shape index (κ2) is 5.63. The van der Waals surface area contributed by atoms with Crippen molar-refractivity contribution in [2.45, 2.75) is 33.4 Å². The molecule has 2 rings (SSSR count). The Labute approximate surface area is 112 Å². The highest BCUT2D eigenvalue weighted by Gasteiger charge is 2.08. The number of halogens is 1. The first-order chi connectivity index (χ1) is 8.56. The molecule has 3 heteroatoms. The first-order valence-electron chi connectivity index (χ1n) is 6.11. The van der Waals surface area contributed by atoms with Gasteiger partial charge in [-0.05, 0) is 50.1 Å². The van der Waals surface area contributed by atoms with Gasteiger partial charge in [0, 0.05) is 22.3 Å². The summed E-state index contributed by atoms with van der Waals surface area (Å²) < 4.78 is 13.1. The van der Waals surface area contributed by atoms with Crippen LogP contribution in [0.2, 0.25) is 0 Å². The van der Waals surface area contributed by atoms with Crippen LogP contribution in [-0.2, 0) is 6.54 Å². The van der Waals surface area contributed by atoms with Crippen LogP contribution >= 0.6 is 11.3 Å². The summed E-state index contributed by atoms with van der Waals surface area (Å²) >= 11 is 1.82. The Morgan fingerprint density at radius 2 is 2.06 bits per heavy atom. The van der Waals surface area contributed by atoms with Crippen LogP contribution in [0.4, 0.5) is 4.39 Å². The fraction of sp³-hybridized carbons (Fsp3) is 0.333. The molecule has 0 aliphatic rings. The Kier molecular flexibility index (Phi) is 4.15. The van der Waals surface area contributed by atoms with Crippen molar-refractivity contribution in [3.8, 4) is 0 Å². The highest BCUT2D eigenvalue weighted by atomic mass is 32.1. The summed E-state index contributed by atoms with van der Waals surface area (Å²) in [7, 11) is 0. The quantitative estimate of drug-likeness (QED) is 0.864. The molecule has 0 aliphatic carbocycles. The molecule has 1 heterocycles. The van der Waals surface area contributed by atoms with Gasteiger partial charge in [-0.25, -0.2) is 4.39 Å². The molecule has 1 nitrogen and oxygen atoms in total. The zero-order valence-corrected chi connectivity index (χ0v) is 11.8. The number of nitrogens with one attached hydrogen (secondary N) is 1. The van der Waals surface area contributed by atoms with E-state index in [1.54, 1.807) is 12.1 Å². The topological polar surface area (TPSA) is 12.0 Å². The van der Waals surface area contributed by atoms with E-state index in [9.17, 15) is 4.39 Å². The second-order valence-corrected chi connectivity index (χ2v) is 6.06. The van der Waals surface area contributed by atoms with Crippen LogP contribution in [0.25, 0.3) is 0 Å². The van der Waals surface area contributed by atoms with Gasteiger partial charge in [0.2, 0.25) is 0 Å². The van der Waals surface area contributed by atoms with Crippen molar-refractivity contribution in [3.05, 3.63) is 57.0 Å². The molecule has 18 heavy (non-hydrogen) atoms. The molecule has 2 aromatic rings. The van der Waals surface area contributed by atoms with E-state index in [0.29, 0.717) is 0 Å². The normalized spacial score (nSPS) is 12.7. The summed E-state index contributed by atoms with van der Waals surface area (Å²) in [6.45, 7) is 7.15. The van der Waals surface area contributed by atoms with Crippen molar-refractivity contribution in [1.82, 2.24) is 5.32 Å². The molecule has 0 fully saturated rings. The summed E-state index contributed by atoms with van der Waals surface area (Å²) in [5.74, 6) is -0.177. The maximum absolute atomic E-state index is 13.1. The van der Waals surface area contributed by atoms with Crippen LogP contribution in [0, 0.1) is 19.7 Å². The molecule has 1 aromatic carbocycles. The van der Waals surface area contributed by atoms with E-state index >= 15 is 0 Å². The van der Waals surface area contributed by atoms with Crippen molar-refractivity contribution in [2.75, 3.05) is 0 Å². The van der Waals surface area contributed by atoms with Crippen LogP contribution < -0.4 is 5.32 Å². The molecule has 0 aliphatic heterocycles. The first-order valence-corrected chi connectivity index (χ1v) is 6.92. The monoisotopic (exact) mass is 263 g/mol. The lowest BCUT2D eigenvalue weighted by Gasteiger charge is -2.14. The van der Waals surface area contributed by atoms with Gasteiger partial charge in [0.1, 0.15) is 5.82 Å². The van der Waals surface area contributed by atoms with E-state index in [1.165, 1.54) is 21.4 Å². The minimum absolute atomic E-state index is 0.153. The summed E-state index contributed by atoms with van der Waals surface area (Å²) in [6.07, 6.45) is 0. The summed E-state index contributed by atoms with van der Waals surface area (Å²) in [4.78, 5) is 2.69. The van der Waals surface area contributed by atoms with E-state index < -0.39 is 0 Å². The summed E-state index contributed by atoms with van der Waals surface area (Å²) in [5, 5.41) is 3.44. The van der Waals surface area contributed by atoms with Crippen LogP contribution in [0.3, 0.4) is 0 Å². The number of thiophene rings is 1. The Morgan fingerprint density at radius 3 is 2.67 bits per heavy atom. The molecule has 1 aromatic heterocycles. The molecule has 0 amide bonds. The van der Waals surface area contributed by atoms with Crippen molar-refractivity contribution < 1.29 is 4.39 Å². The van der Waals surface area contributed by atoms with Gasteiger partial charge in [-0.3, -0.25) is 0 Å². The maximum Gasteiger partial charge on any atom is 0.123 e. The van der Waals surface area contributed by atoms with Gasteiger partial charge in [-0.1, -0.05) is 12.1 Å². The molecule has 96 valence electrons. The average molecular weight is 263 g/mol. The largest absolute Gasteiger partial charge is 0.306 e. The molecule has 0 radical (unpaired) electrons. The SMILES string of the molecule is Cc1cc(CN[C@H](C)c2cccc(F)c2)c(C)s1. The number of benzene rings is 1. The molecule has 1 atom stereocenters. The maximum atomic E-state index is 13.1. The molecule has 0 saturated carbocycles. The predicted molar refractivity (Wildman–Crippen MR) is 75.4 cm³/mol. The molecule has 0 bridgehead atoms. The fourth-order valence-corrected chi connectivity index (χ4v) is 2.96. The van der Waals surface area contributed by atoms with Gasteiger partial charge < -0.3 is 5.32 Å². The second-order valence-electron chi connectivity index (χ2n) is 4.60. The van der Waals surface area contributed by atoms with Gasteiger partial charge >= 0.3 is 0 Å². The molecular formula is C15H18FNS. The van der Waals surface area contributed by atoms with Crippen molar-refractivity contribution in [1.29, 1.82) is 0 Å². The van der Waals surface area contributed by atoms with E-state index in [2.05, 4.69) is 32.2 Å². The summed E-state index contributed by atoms with van der Waals surface area (Å²) in [5.41, 5.74) is 2.32. The van der Waals surface area contributed by atoms with E-state index in [0.717, 1.165) is 12.1 Å². The number of hydrogen-bond donors (Lipinski definition) is 1. The third kappa shape index (κ3) is 3.18. The number of aryl methyl sites for hydroxylation is 2. The minimum atomic E-state index is -0.177. The van der Waals surface area contributed by atoms with Crippen molar-refractivity contribution in [3.63, 3.8) is 0 Å². The van der Waals surface area contributed by atoms with Crippen molar-refractivity contribution >= 4 is 11.3 Å². The molecule has 0 spiro atoms. The Balaban J connectivity index is 2.00. The van der Waals surface area contributed by atoms with Crippen LogP contribution in [-0.4, -0.2) is 0 Å². The lowest BCUT2D eigenvalue weighted by molar-refractivity contribution is 0.565. The molecule has 0 unspecified atom stereocenters. The zero-order chi connectivity index (χ0) is 13.1. The zero-order valence-electron chi connectivity index (χ0n) is 11.0. The highest BCUT2D eigenvalue weighted by molar-refractivity contribution is 7.12. The van der Waals surface area contributed by atoms with E-state index in [-0.39, 0.29) is 11.9 Å². The van der Waals surface area contributed by atoms with Gasteiger partial charge in [-0.15, -0.1) is 11.3 Å². The van der Waals surface area contributed by atoms with Crippen LogP contribution in [0.1, 0.15) is 33.8 Å². The predicted octanol–water partition coefficient (Wildman–Crippen LogP) is 4.35. The fourth-order valence-electron chi connectivity index (χ4n) is 2.02. The van der Waals surface area contributed by atoms with E-state index in [4.69, 9.17) is 0 Å². The Hall–Kier alpha value is -1.19. The molecule has 0 saturated heterocycles. The lowest BCUT2D eigenvalue weighted by atomic mass is 10.1. The number of hydrogen-bond acceptors (Lipinski definition) is 2. The average Bonchev–Trinajstić information content (AvgIpc) is 2.65. The minimum Gasteiger partial charge on any atom is -0.306 e. The first kappa shape index (κ1) is 13.2. The number of rotatable bonds is 4. The third-order valence-electron chi connectivity index (χ3n) is 3.09. The smallest absolute Gasteiger partial charge is 0.123 e. The van der Waals surface area contributed by atoms with Crippen LogP contribution in [0.5, 0.6) is 0 Å². The third-order valence-corrected chi connectivity index (χ3v) is 4.10. The van der Waals surface area contributed by atoms with Gasteiger partial charge in [0.05, 0.1) is 0 Å². The van der Waals surface area contributed by atoms with E-state index in [1.807, 2.05) is 17.4 Å². The van der Waals surface area contributed by atoms with Gasteiger partial charge in [-0.2, -0.15) is 0 Å². The van der Waals surface area contributed by atoms with Crippen LogP contribution in [0.15, 0.2) is 30.3 Å². The molecular weight excluding hydrogens is 245 g/mol. The highest BCUT2D eigenvalue weighted by Crippen LogP contribution is 2.21. The lowest BCUT2D eigenvalue weighted by Crippen LogP contribution is -2.18. The Bertz CT molecular complexity index is 533.